The number of likely N-dealkylation sites (N-methyl/N-ethyl adjacent to an activating group) is 1. The molecule has 1 heterocycles. The molecule has 2 heteroatoms. The Balaban J connectivity index is 1.86. The highest BCUT2D eigenvalue weighted by Gasteiger charge is 2.17. The number of rotatable bonds is 2. The molecule has 1 atom stereocenters. The lowest BCUT2D eigenvalue weighted by molar-refractivity contribution is 0.238. The molecule has 2 nitrogen and oxygen atoms in total. The molecule has 1 aliphatic rings. The molecule has 0 radical (unpaired) electrons. The van der Waals surface area contributed by atoms with Crippen LogP contribution in [0.1, 0.15) is 5.56 Å². The van der Waals surface area contributed by atoms with Crippen LogP contribution in [0, 0.1) is 0 Å². The van der Waals surface area contributed by atoms with Crippen LogP contribution in [-0.2, 0) is 6.42 Å². The third-order valence-corrected chi connectivity index (χ3v) is 3.80. The highest BCUT2D eigenvalue weighted by Crippen LogP contribution is 2.20. The van der Waals surface area contributed by atoms with Crippen molar-refractivity contribution in [1.29, 1.82) is 0 Å². The first-order valence-electron chi connectivity index (χ1n) is 6.71. The van der Waals surface area contributed by atoms with Crippen LogP contribution in [0.2, 0.25) is 0 Å². The maximum atomic E-state index is 3.62. The van der Waals surface area contributed by atoms with Gasteiger partial charge in [0.1, 0.15) is 0 Å². The van der Waals surface area contributed by atoms with E-state index in [1.54, 1.807) is 0 Å². The average molecular weight is 240 g/mol. The SMILES string of the molecule is CN1CCNC(Cc2cccc3ccccc23)C1. The van der Waals surface area contributed by atoms with Crippen molar-refractivity contribution >= 4 is 10.8 Å². The summed E-state index contributed by atoms with van der Waals surface area (Å²) in [5.41, 5.74) is 1.46. The fraction of sp³-hybridized carbons (Fsp3) is 0.375. The molecule has 1 unspecified atom stereocenters. The molecule has 1 fully saturated rings. The van der Waals surface area contributed by atoms with Crippen molar-refractivity contribution in [1.82, 2.24) is 10.2 Å². The van der Waals surface area contributed by atoms with Crippen molar-refractivity contribution in [2.45, 2.75) is 12.5 Å². The van der Waals surface area contributed by atoms with Crippen LogP contribution in [-0.4, -0.2) is 37.6 Å². The largest absolute Gasteiger partial charge is 0.311 e. The van der Waals surface area contributed by atoms with Crippen LogP contribution in [0.5, 0.6) is 0 Å². The molecule has 1 saturated heterocycles. The van der Waals surface area contributed by atoms with Crippen molar-refractivity contribution in [3.05, 3.63) is 48.0 Å². The highest BCUT2D eigenvalue weighted by atomic mass is 15.2. The van der Waals surface area contributed by atoms with E-state index < -0.39 is 0 Å². The van der Waals surface area contributed by atoms with E-state index in [9.17, 15) is 0 Å². The van der Waals surface area contributed by atoms with Crippen LogP contribution < -0.4 is 5.32 Å². The van der Waals surface area contributed by atoms with Crippen molar-refractivity contribution in [2.75, 3.05) is 26.7 Å². The van der Waals surface area contributed by atoms with E-state index in [4.69, 9.17) is 0 Å². The first-order valence-corrected chi connectivity index (χ1v) is 6.71. The van der Waals surface area contributed by atoms with E-state index in [0.717, 1.165) is 26.1 Å². The third-order valence-electron chi connectivity index (χ3n) is 3.80. The highest BCUT2D eigenvalue weighted by molar-refractivity contribution is 5.85. The number of nitrogens with zero attached hydrogens (tertiary/aromatic N) is 1. The van der Waals surface area contributed by atoms with E-state index in [1.165, 1.54) is 16.3 Å². The molecule has 2 aromatic carbocycles. The molecule has 0 spiro atoms. The minimum Gasteiger partial charge on any atom is -0.311 e. The van der Waals surface area contributed by atoms with Gasteiger partial charge in [0.2, 0.25) is 0 Å². The minimum absolute atomic E-state index is 0.578. The van der Waals surface area contributed by atoms with Gasteiger partial charge in [-0.2, -0.15) is 0 Å². The molecule has 0 saturated carbocycles. The number of nitrogens with one attached hydrogen (secondary N) is 1. The smallest absolute Gasteiger partial charge is 0.0236 e. The summed E-state index contributed by atoms with van der Waals surface area (Å²) in [4.78, 5) is 2.41. The Kier molecular flexibility index (Phi) is 3.31. The Morgan fingerprint density at radius 3 is 2.89 bits per heavy atom. The molecular formula is C16H20N2. The van der Waals surface area contributed by atoms with E-state index in [2.05, 4.69) is 59.7 Å². The van der Waals surface area contributed by atoms with Gasteiger partial charge in [-0.15, -0.1) is 0 Å². The second kappa shape index (κ2) is 5.09. The molecule has 3 rings (SSSR count). The quantitative estimate of drug-likeness (QED) is 0.866. The molecule has 18 heavy (non-hydrogen) atoms. The van der Waals surface area contributed by atoms with Crippen LogP contribution in [0.4, 0.5) is 0 Å². The topological polar surface area (TPSA) is 15.3 Å². The van der Waals surface area contributed by atoms with E-state index in [0.29, 0.717) is 6.04 Å². The minimum atomic E-state index is 0.578. The second-order valence-electron chi connectivity index (χ2n) is 5.26. The van der Waals surface area contributed by atoms with Gasteiger partial charge in [0.25, 0.3) is 0 Å². The first kappa shape index (κ1) is 11.7. The van der Waals surface area contributed by atoms with E-state index in [-0.39, 0.29) is 0 Å². The maximum absolute atomic E-state index is 3.62. The maximum Gasteiger partial charge on any atom is 0.0236 e. The molecule has 0 aromatic heterocycles. The van der Waals surface area contributed by atoms with Crippen LogP contribution in [0.3, 0.4) is 0 Å². The third kappa shape index (κ3) is 2.40. The Bertz CT molecular complexity index is 530. The summed E-state index contributed by atoms with van der Waals surface area (Å²) in [7, 11) is 2.21. The van der Waals surface area contributed by atoms with Gasteiger partial charge < -0.3 is 10.2 Å². The number of hydrogen-bond donors (Lipinski definition) is 1. The predicted octanol–water partition coefficient (Wildman–Crippen LogP) is 2.29. The summed E-state index contributed by atoms with van der Waals surface area (Å²) < 4.78 is 0. The van der Waals surface area contributed by atoms with Gasteiger partial charge in [-0.1, -0.05) is 42.5 Å². The lowest BCUT2D eigenvalue weighted by Crippen LogP contribution is -2.49. The molecule has 0 bridgehead atoms. The van der Waals surface area contributed by atoms with Crippen LogP contribution in [0.25, 0.3) is 10.8 Å². The van der Waals surface area contributed by atoms with Gasteiger partial charge >= 0.3 is 0 Å². The molecule has 94 valence electrons. The zero-order valence-corrected chi connectivity index (χ0v) is 10.9. The van der Waals surface area contributed by atoms with Gasteiger partial charge in [-0.25, -0.2) is 0 Å². The van der Waals surface area contributed by atoms with Crippen molar-refractivity contribution in [2.24, 2.45) is 0 Å². The molecule has 0 aliphatic carbocycles. The number of piperazine rings is 1. The van der Waals surface area contributed by atoms with Crippen molar-refractivity contribution < 1.29 is 0 Å². The number of hydrogen-bond acceptors (Lipinski definition) is 2. The molecule has 1 aliphatic heterocycles. The Labute approximate surface area is 109 Å². The standard InChI is InChI=1S/C16H20N2/c1-18-10-9-17-15(12-18)11-14-7-4-6-13-5-2-3-8-16(13)14/h2-8,15,17H,9-12H2,1H3. The molecule has 0 amide bonds. The molecule has 1 N–H and O–H groups in total. The second-order valence-corrected chi connectivity index (χ2v) is 5.26. The summed E-state index contributed by atoms with van der Waals surface area (Å²) >= 11 is 0. The molecular weight excluding hydrogens is 220 g/mol. The zero-order chi connectivity index (χ0) is 12.4. The van der Waals surface area contributed by atoms with Gasteiger partial charge in [0.05, 0.1) is 0 Å². The summed E-state index contributed by atoms with van der Waals surface area (Å²) in [6.07, 6.45) is 1.12. The summed E-state index contributed by atoms with van der Waals surface area (Å²) in [6.45, 7) is 3.40. The van der Waals surface area contributed by atoms with Gasteiger partial charge in [0, 0.05) is 25.7 Å². The summed E-state index contributed by atoms with van der Waals surface area (Å²) in [5.74, 6) is 0. The molecule has 2 aromatic rings. The van der Waals surface area contributed by atoms with Gasteiger partial charge in [-0.05, 0) is 29.8 Å². The predicted molar refractivity (Wildman–Crippen MR) is 76.9 cm³/mol. The average Bonchev–Trinajstić information content (AvgIpc) is 2.39. The Morgan fingerprint density at radius 2 is 2.00 bits per heavy atom. The van der Waals surface area contributed by atoms with Crippen LogP contribution in [0.15, 0.2) is 42.5 Å². The monoisotopic (exact) mass is 240 g/mol. The Hall–Kier alpha value is -1.38. The van der Waals surface area contributed by atoms with Crippen molar-refractivity contribution in [3.63, 3.8) is 0 Å². The fourth-order valence-electron chi connectivity index (χ4n) is 2.86. The first-order chi connectivity index (χ1) is 8.83. The van der Waals surface area contributed by atoms with Gasteiger partial charge in [-0.3, -0.25) is 0 Å². The number of fused-ring (bicyclic) bond motifs is 1. The Morgan fingerprint density at radius 1 is 1.17 bits per heavy atom. The lowest BCUT2D eigenvalue weighted by atomic mass is 9.98. The van der Waals surface area contributed by atoms with E-state index in [1.807, 2.05) is 0 Å². The fourth-order valence-corrected chi connectivity index (χ4v) is 2.86. The zero-order valence-electron chi connectivity index (χ0n) is 10.9. The van der Waals surface area contributed by atoms with E-state index >= 15 is 0 Å². The van der Waals surface area contributed by atoms with Gasteiger partial charge in [0.15, 0.2) is 0 Å². The number of benzene rings is 2. The van der Waals surface area contributed by atoms with Crippen molar-refractivity contribution in [3.8, 4) is 0 Å². The summed E-state index contributed by atoms with van der Waals surface area (Å²) in [6, 6.07) is 15.9. The lowest BCUT2D eigenvalue weighted by Gasteiger charge is -2.31. The normalized spacial score (nSPS) is 21.3. The van der Waals surface area contributed by atoms with Crippen LogP contribution >= 0.6 is 0 Å². The summed E-state index contributed by atoms with van der Waals surface area (Å²) in [5, 5.41) is 6.37.